The van der Waals surface area contributed by atoms with Crippen molar-refractivity contribution in [2.75, 3.05) is 13.7 Å². The van der Waals surface area contributed by atoms with Crippen LogP contribution >= 0.6 is 0 Å². The smallest absolute Gasteiger partial charge is 0.306 e. The van der Waals surface area contributed by atoms with Crippen molar-refractivity contribution in [3.63, 3.8) is 0 Å². The van der Waals surface area contributed by atoms with Crippen LogP contribution in [0.25, 0.3) is 0 Å². The number of halogens is 1. The number of carbonyl (C=O) groups excluding carboxylic acids is 3. The van der Waals surface area contributed by atoms with E-state index in [9.17, 15) is 18.8 Å². The Morgan fingerprint density at radius 1 is 0.865 bits per heavy atom. The molecule has 1 aliphatic rings. The molecule has 0 aliphatic carbocycles. The summed E-state index contributed by atoms with van der Waals surface area (Å²) in [6.45, 7) is 0.482. The van der Waals surface area contributed by atoms with Crippen molar-refractivity contribution in [3.05, 3.63) is 95.8 Å². The molecule has 7 heteroatoms. The van der Waals surface area contributed by atoms with Gasteiger partial charge in [-0.05, 0) is 66.3 Å². The monoisotopic (exact) mass is 503 g/mol. The topological polar surface area (TPSA) is 72.9 Å². The van der Waals surface area contributed by atoms with Crippen molar-refractivity contribution in [1.29, 1.82) is 0 Å². The number of esters is 1. The van der Waals surface area contributed by atoms with Gasteiger partial charge in [-0.3, -0.25) is 14.4 Å². The van der Waals surface area contributed by atoms with Gasteiger partial charge < -0.3 is 14.4 Å². The Hall–Kier alpha value is -4.00. The van der Waals surface area contributed by atoms with Crippen LogP contribution < -0.4 is 4.74 Å². The molecule has 3 aromatic carbocycles. The standard InChI is InChI=1S/C30H30FNO5/c1-36-30(35)16-15-29(34)32-20-23(17-21-5-3-2-4-6-21)18-27(32)28(33)19-22-7-11-25(12-8-22)37-26-13-9-24(31)10-14-26/h2-14,23,27H,15-20H2,1H3/t23-,27+/m1/s1. The van der Waals surface area contributed by atoms with E-state index in [0.29, 0.717) is 24.5 Å². The van der Waals surface area contributed by atoms with E-state index >= 15 is 0 Å². The first-order valence-corrected chi connectivity index (χ1v) is 12.4. The summed E-state index contributed by atoms with van der Waals surface area (Å²) in [5, 5.41) is 0. The number of carbonyl (C=O) groups is 3. The Morgan fingerprint density at radius 2 is 1.51 bits per heavy atom. The molecule has 3 aromatic rings. The summed E-state index contributed by atoms with van der Waals surface area (Å²) in [5.74, 6) is 0.227. The molecule has 6 nitrogen and oxygen atoms in total. The van der Waals surface area contributed by atoms with Gasteiger partial charge in [0.1, 0.15) is 17.3 Å². The van der Waals surface area contributed by atoms with Crippen LogP contribution in [0.1, 0.15) is 30.4 Å². The maximum absolute atomic E-state index is 13.4. The highest BCUT2D eigenvalue weighted by atomic mass is 19.1. The van der Waals surface area contributed by atoms with Gasteiger partial charge in [-0.25, -0.2) is 4.39 Å². The molecule has 1 saturated heterocycles. The van der Waals surface area contributed by atoms with Crippen LogP contribution in [0.4, 0.5) is 4.39 Å². The number of hydrogen-bond donors (Lipinski definition) is 0. The fourth-order valence-corrected chi connectivity index (χ4v) is 4.69. The second-order valence-corrected chi connectivity index (χ2v) is 9.27. The van der Waals surface area contributed by atoms with Crippen molar-refractivity contribution in [1.82, 2.24) is 4.90 Å². The number of methoxy groups -OCH3 is 1. The highest BCUT2D eigenvalue weighted by Crippen LogP contribution is 2.29. The summed E-state index contributed by atoms with van der Waals surface area (Å²) < 4.78 is 23.5. The molecule has 1 aliphatic heterocycles. The second-order valence-electron chi connectivity index (χ2n) is 9.27. The van der Waals surface area contributed by atoms with E-state index in [-0.39, 0.29) is 42.7 Å². The maximum atomic E-state index is 13.4. The number of ether oxygens (including phenoxy) is 2. The SMILES string of the molecule is COC(=O)CCC(=O)N1C[C@H](Cc2ccccc2)C[C@H]1C(=O)Cc1ccc(Oc2ccc(F)cc2)cc1. The van der Waals surface area contributed by atoms with Gasteiger partial charge in [0, 0.05) is 19.4 Å². The zero-order chi connectivity index (χ0) is 26.2. The molecule has 0 aromatic heterocycles. The zero-order valence-corrected chi connectivity index (χ0v) is 20.8. The van der Waals surface area contributed by atoms with Crippen molar-refractivity contribution >= 4 is 17.7 Å². The number of rotatable bonds is 10. The van der Waals surface area contributed by atoms with Crippen molar-refractivity contribution in [2.45, 2.75) is 38.1 Å². The Kier molecular flexibility index (Phi) is 8.67. The number of likely N-dealkylation sites (tertiary alicyclic amines) is 1. The summed E-state index contributed by atoms with van der Waals surface area (Å²) in [5.41, 5.74) is 1.98. The predicted octanol–water partition coefficient (Wildman–Crippen LogP) is 5.14. The number of amides is 1. The predicted molar refractivity (Wildman–Crippen MR) is 137 cm³/mol. The second kappa shape index (κ2) is 12.3. The normalized spacial score (nSPS) is 16.9. The molecule has 0 unspecified atom stereocenters. The quantitative estimate of drug-likeness (QED) is 0.358. The van der Waals surface area contributed by atoms with Gasteiger partial charge >= 0.3 is 5.97 Å². The van der Waals surface area contributed by atoms with Crippen LogP contribution in [0, 0.1) is 11.7 Å². The molecule has 1 heterocycles. The van der Waals surface area contributed by atoms with Gasteiger partial charge in [0.15, 0.2) is 5.78 Å². The largest absolute Gasteiger partial charge is 0.469 e. The average molecular weight is 504 g/mol. The molecule has 37 heavy (non-hydrogen) atoms. The van der Waals surface area contributed by atoms with Gasteiger partial charge in [0.2, 0.25) is 5.91 Å². The fourth-order valence-electron chi connectivity index (χ4n) is 4.69. The Balaban J connectivity index is 1.42. The summed E-state index contributed by atoms with van der Waals surface area (Å²) in [7, 11) is 1.29. The van der Waals surface area contributed by atoms with E-state index in [1.54, 1.807) is 29.2 Å². The molecule has 0 spiro atoms. The molecule has 192 valence electrons. The summed E-state index contributed by atoms with van der Waals surface area (Å²) >= 11 is 0. The number of ketones is 1. The third-order valence-electron chi connectivity index (χ3n) is 6.57. The highest BCUT2D eigenvalue weighted by Gasteiger charge is 2.39. The number of nitrogens with zero attached hydrogens (tertiary/aromatic N) is 1. The lowest BCUT2D eigenvalue weighted by Gasteiger charge is -2.23. The van der Waals surface area contributed by atoms with Crippen molar-refractivity contribution in [2.24, 2.45) is 5.92 Å². The molecule has 0 bridgehead atoms. The van der Waals surface area contributed by atoms with Gasteiger partial charge in [-0.2, -0.15) is 0 Å². The van der Waals surface area contributed by atoms with Gasteiger partial charge in [0.05, 0.1) is 19.6 Å². The lowest BCUT2D eigenvalue weighted by molar-refractivity contribution is -0.144. The molecule has 1 fully saturated rings. The van der Waals surface area contributed by atoms with E-state index in [2.05, 4.69) is 4.74 Å². The minimum absolute atomic E-state index is 0.00832. The van der Waals surface area contributed by atoms with Crippen LogP contribution in [0.3, 0.4) is 0 Å². The van der Waals surface area contributed by atoms with Gasteiger partial charge in [0.25, 0.3) is 0 Å². The van der Waals surface area contributed by atoms with Crippen LogP contribution in [-0.2, 0) is 32.0 Å². The highest BCUT2D eigenvalue weighted by molar-refractivity contribution is 5.91. The van der Waals surface area contributed by atoms with Crippen molar-refractivity contribution < 1.29 is 28.2 Å². The minimum atomic E-state index is -0.533. The summed E-state index contributed by atoms with van der Waals surface area (Å²) in [4.78, 5) is 39.6. The van der Waals surface area contributed by atoms with Crippen LogP contribution in [0.15, 0.2) is 78.9 Å². The fraction of sp³-hybridized carbons (Fsp3) is 0.300. The lowest BCUT2D eigenvalue weighted by Crippen LogP contribution is -2.41. The maximum Gasteiger partial charge on any atom is 0.306 e. The van der Waals surface area contributed by atoms with Gasteiger partial charge in [-0.15, -0.1) is 0 Å². The zero-order valence-electron chi connectivity index (χ0n) is 20.8. The van der Waals surface area contributed by atoms with E-state index in [1.165, 1.54) is 24.8 Å². The lowest BCUT2D eigenvalue weighted by atomic mass is 9.94. The molecule has 2 atom stereocenters. The Morgan fingerprint density at radius 3 is 2.16 bits per heavy atom. The van der Waals surface area contributed by atoms with E-state index < -0.39 is 12.0 Å². The molecule has 0 N–H and O–H groups in total. The molecular formula is C30H30FNO5. The van der Waals surface area contributed by atoms with Crippen LogP contribution in [0.2, 0.25) is 0 Å². The molecule has 0 saturated carbocycles. The summed E-state index contributed by atoms with van der Waals surface area (Å²) in [6, 6.07) is 22.4. The van der Waals surface area contributed by atoms with Crippen molar-refractivity contribution in [3.8, 4) is 11.5 Å². The third-order valence-corrected chi connectivity index (χ3v) is 6.57. The Bertz CT molecular complexity index is 1210. The first kappa shape index (κ1) is 26.1. The molecule has 0 radical (unpaired) electrons. The number of Topliss-reactive ketones (excluding diaryl/α,β-unsaturated/α-hetero) is 1. The Labute approximate surface area is 216 Å². The van der Waals surface area contributed by atoms with Crippen LogP contribution in [0.5, 0.6) is 11.5 Å². The van der Waals surface area contributed by atoms with E-state index in [1.807, 2.05) is 42.5 Å². The van der Waals surface area contributed by atoms with Crippen LogP contribution in [-0.4, -0.2) is 42.3 Å². The molecule has 4 rings (SSSR count). The summed E-state index contributed by atoms with van der Waals surface area (Å²) in [6.07, 6.45) is 1.56. The van der Waals surface area contributed by atoms with E-state index in [4.69, 9.17) is 4.74 Å². The molecule has 1 amide bonds. The first-order valence-electron chi connectivity index (χ1n) is 12.4. The number of hydrogen-bond acceptors (Lipinski definition) is 5. The molecular weight excluding hydrogens is 473 g/mol. The number of benzene rings is 3. The third kappa shape index (κ3) is 7.26. The van der Waals surface area contributed by atoms with E-state index in [0.717, 1.165) is 12.0 Å². The van der Waals surface area contributed by atoms with Gasteiger partial charge in [-0.1, -0.05) is 42.5 Å². The average Bonchev–Trinajstić information content (AvgIpc) is 3.34. The first-order chi connectivity index (χ1) is 17.9. The minimum Gasteiger partial charge on any atom is -0.469 e.